The molecule has 2 N–H and O–H groups in total. The van der Waals surface area contributed by atoms with Crippen molar-refractivity contribution in [3.8, 4) is 5.75 Å². The van der Waals surface area contributed by atoms with Crippen molar-refractivity contribution in [2.24, 2.45) is 0 Å². The summed E-state index contributed by atoms with van der Waals surface area (Å²) in [5.74, 6) is 0.801. The second-order valence-corrected chi connectivity index (χ2v) is 6.16. The van der Waals surface area contributed by atoms with Crippen LogP contribution in [-0.2, 0) is 6.42 Å². The Balaban J connectivity index is 1.54. The van der Waals surface area contributed by atoms with E-state index in [1.165, 1.54) is 18.9 Å². The van der Waals surface area contributed by atoms with Crippen molar-refractivity contribution in [2.75, 3.05) is 24.3 Å². The van der Waals surface area contributed by atoms with Crippen LogP contribution in [0.15, 0.2) is 60.9 Å². The zero-order chi connectivity index (χ0) is 19.1. The highest BCUT2D eigenvalue weighted by atomic mass is 35.5. The molecule has 0 saturated carbocycles. The molecule has 1 amide bonds. The molecule has 0 saturated heterocycles. The summed E-state index contributed by atoms with van der Waals surface area (Å²) in [7, 11) is 1.53. The summed E-state index contributed by atoms with van der Waals surface area (Å²) in [5.41, 5.74) is 2.01. The van der Waals surface area contributed by atoms with Gasteiger partial charge in [0.1, 0.15) is 17.3 Å². The third kappa shape index (κ3) is 5.18. The number of nitrogens with zero attached hydrogens (tertiary/aromatic N) is 2. The molecule has 0 atom stereocenters. The molecule has 0 bridgehead atoms. The molecule has 0 aliphatic rings. The highest BCUT2D eigenvalue weighted by Gasteiger charge is 2.10. The topological polar surface area (TPSA) is 76.1 Å². The van der Waals surface area contributed by atoms with E-state index >= 15 is 0 Å². The van der Waals surface area contributed by atoms with Gasteiger partial charge in [0, 0.05) is 12.2 Å². The highest BCUT2D eigenvalue weighted by molar-refractivity contribution is 6.32. The Labute approximate surface area is 162 Å². The lowest BCUT2D eigenvalue weighted by Gasteiger charge is -2.08. The van der Waals surface area contributed by atoms with Crippen LogP contribution in [0.4, 0.5) is 11.5 Å². The van der Waals surface area contributed by atoms with Gasteiger partial charge >= 0.3 is 0 Å². The Hall–Kier alpha value is -3.12. The van der Waals surface area contributed by atoms with Crippen molar-refractivity contribution in [1.29, 1.82) is 0 Å². The van der Waals surface area contributed by atoms with E-state index in [4.69, 9.17) is 16.3 Å². The second-order valence-electron chi connectivity index (χ2n) is 5.75. The minimum absolute atomic E-state index is 0.218. The Morgan fingerprint density at radius 1 is 1.11 bits per heavy atom. The zero-order valence-corrected chi connectivity index (χ0v) is 15.5. The van der Waals surface area contributed by atoms with E-state index in [0.717, 1.165) is 13.0 Å². The molecule has 3 rings (SSSR count). The Kier molecular flexibility index (Phi) is 6.22. The summed E-state index contributed by atoms with van der Waals surface area (Å²) < 4.78 is 5.09. The smallest absolute Gasteiger partial charge is 0.275 e. The van der Waals surface area contributed by atoms with Gasteiger partial charge in [-0.05, 0) is 30.2 Å². The van der Waals surface area contributed by atoms with Crippen molar-refractivity contribution in [3.63, 3.8) is 0 Å². The van der Waals surface area contributed by atoms with Crippen molar-refractivity contribution in [1.82, 2.24) is 9.97 Å². The molecule has 27 heavy (non-hydrogen) atoms. The Morgan fingerprint density at radius 2 is 1.93 bits per heavy atom. The summed E-state index contributed by atoms with van der Waals surface area (Å²) >= 11 is 6.06. The van der Waals surface area contributed by atoms with E-state index in [9.17, 15) is 4.79 Å². The third-order valence-corrected chi connectivity index (χ3v) is 4.15. The van der Waals surface area contributed by atoms with Gasteiger partial charge < -0.3 is 15.4 Å². The van der Waals surface area contributed by atoms with Crippen LogP contribution in [0.25, 0.3) is 0 Å². The fourth-order valence-electron chi connectivity index (χ4n) is 2.46. The Bertz CT molecular complexity index is 902. The van der Waals surface area contributed by atoms with Gasteiger partial charge in [0.25, 0.3) is 5.91 Å². The van der Waals surface area contributed by atoms with Crippen molar-refractivity contribution >= 4 is 29.0 Å². The third-order valence-electron chi connectivity index (χ3n) is 3.86. The number of carbonyl (C=O) groups excluding carboxylic acids is 1. The van der Waals surface area contributed by atoms with Crippen molar-refractivity contribution < 1.29 is 9.53 Å². The van der Waals surface area contributed by atoms with Crippen LogP contribution in [0.1, 0.15) is 16.1 Å². The first-order valence-electron chi connectivity index (χ1n) is 8.40. The zero-order valence-electron chi connectivity index (χ0n) is 14.8. The molecule has 6 nitrogen and oxygen atoms in total. The van der Waals surface area contributed by atoms with E-state index in [-0.39, 0.29) is 11.6 Å². The molecule has 0 unspecified atom stereocenters. The summed E-state index contributed by atoms with van der Waals surface area (Å²) in [4.78, 5) is 20.7. The predicted molar refractivity (Wildman–Crippen MR) is 107 cm³/mol. The summed E-state index contributed by atoms with van der Waals surface area (Å²) in [6.07, 6.45) is 3.86. The van der Waals surface area contributed by atoms with E-state index < -0.39 is 0 Å². The number of hydrogen-bond acceptors (Lipinski definition) is 5. The number of anilines is 2. The summed E-state index contributed by atoms with van der Waals surface area (Å²) in [5, 5.41) is 6.34. The average molecular weight is 383 g/mol. The Morgan fingerprint density at radius 3 is 2.59 bits per heavy atom. The largest absolute Gasteiger partial charge is 0.495 e. The van der Waals surface area contributed by atoms with Gasteiger partial charge in [-0.2, -0.15) is 0 Å². The molecule has 138 valence electrons. The predicted octanol–water partition coefficient (Wildman–Crippen LogP) is 4.05. The van der Waals surface area contributed by atoms with Crippen molar-refractivity contribution in [2.45, 2.75) is 6.42 Å². The van der Waals surface area contributed by atoms with Gasteiger partial charge in [0.05, 0.1) is 24.5 Å². The number of rotatable bonds is 7. The summed E-state index contributed by atoms with van der Waals surface area (Å²) in [6.45, 7) is 0.731. The number of halogens is 1. The van der Waals surface area contributed by atoms with Crippen LogP contribution in [0.5, 0.6) is 5.75 Å². The van der Waals surface area contributed by atoms with Crippen LogP contribution < -0.4 is 15.4 Å². The number of aromatic nitrogens is 2. The molecule has 0 fully saturated rings. The van der Waals surface area contributed by atoms with Crippen LogP contribution in [0, 0.1) is 0 Å². The molecular formula is C20H19ClN4O2. The van der Waals surface area contributed by atoms with E-state index in [2.05, 4.69) is 32.7 Å². The van der Waals surface area contributed by atoms with Crippen molar-refractivity contribution in [3.05, 3.63) is 77.2 Å². The number of carbonyl (C=O) groups is 1. The minimum atomic E-state index is -0.362. The maximum atomic E-state index is 12.3. The fraction of sp³-hybridized carbons (Fsp3) is 0.150. The number of ether oxygens (including phenoxy) is 1. The first-order chi connectivity index (χ1) is 13.2. The van der Waals surface area contributed by atoms with E-state index in [1.54, 1.807) is 24.4 Å². The number of benzene rings is 2. The number of methoxy groups -OCH3 is 1. The first-order valence-corrected chi connectivity index (χ1v) is 8.78. The molecule has 3 aromatic rings. The number of hydrogen-bond donors (Lipinski definition) is 2. The fourth-order valence-corrected chi connectivity index (χ4v) is 2.71. The summed E-state index contributed by atoms with van der Waals surface area (Å²) in [6, 6.07) is 15.2. The standard InChI is InChI=1S/C20H19ClN4O2/c1-27-18-8-7-15(11-16(18)21)25-20(26)17-12-24-19(13-23-17)22-10-9-14-5-3-2-4-6-14/h2-8,11-13H,9-10H2,1H3,(H,22,24)(H,25,26). The van der Waals surface area contributed by atoms with E-state index in [1.807, 2.05) is 18.2 Å². The van der Waals surface area contributed by atoms with Gasteiger partial charge in [-0.25, -0.2) is 9.97 Å². The van der Waals surface area contributed by atoms with Gasteiger partial charge in [-0.1, -0.05) is 41.9 Å². The lowest BCUT2D eigenvalue weighted by Crippen LogP contribution is -2.15. The molecule has 1 heterocycles. The van der Waals surface area contributed by atoms with Gasteiger partial charge in [-0.15, -0.1) is 0 Å². The molecule has 7 heteroatoms. The molecular weight excluding hydrogens is 364 g/mol. The van der Waals surface area contributed by atoms with Gasteiger partial charge in [0.2, 0.25) is 0 Å². The number of nitrogens with one attached hydrogen (secondary N) is 2. The normalized spacial score (nSPS) is 10.3. The minimum Gasteiger partial charge on any atom is -0.495 e. The first kappa shape index (κ1) is 18.7. The van der Waals surface area contributed by atoms with Gasteiger partial charge in [-0.3, -0.25) is 4.79 Å². The molecule has 1 aromatic heterocycles. The lowest BCUT2D eigenvalue weighted by atomic mass is 10.1. The maximum Gasteiger partial charge on any atom is 0.275 e. The van der Waals surface area contributed by atoms with Crippen LogP contribution in [-0.4, -0.2) is 29.5 Å². The highest BCUT2D eigenvalue weighted by Crippen LogP contribution is 2.27. The molecule has 0 aliphatic heterocycles. The molecule has 2 aromatic carbocycles. The maximum absolute atomic E-state index is 12.3. The van der Waals surface area contributed by atoms with Crippen LogP contribution in [0.3, 0.4) is 0 Å². The lowest BCUT2D eigenvalue weighted by molar-refractivity contribution is 0.102. The van der Waals surface area contributed by atoms with Crippen LogP contribution >= 0.6 is 11.6 Å². The van der Waals surface area contributed by atoms with Crippen LogP contribution in [0.2, 0.25) is 5.02 Å². The van der Waals surface area contributed by atoms with E-state index in [0.29, 0.717) is 22.3 Å². The quantitative estimate of drug-likeness (QED) is 0.644. The SMILES string of the molecule is COc1ccc(NC(=O)c2cnc(NCCc3ccccc3)cn2)cc1Cl. The molecule has 0 aliphatic carbocycles. The monoisotopic (exact) mass is 382 g/mol. The molecule has 0 radical (unpaired) electrons. The average Bonchev–Trinajstić information content (AvgIpc) is 2.69. The molecule has 0 spiro atoms. The number of amides is 1. The second kappa shape index (κ2) is 9.00. The van der Waals surface area contributed by atoms with Gasteiger partial charge in [0.15, 0.2) is 0 Å².